The van der Waals surface area contributed by atoms with Crippen LogP contribution in [-0.2, 0) is 11.8 Å². The van der Waals surface area contributed by atoms with Gasteiger partial charge < -0.3 is 10.1 Å². The Hall–Kier alpha value is -2.57. The van der Waals surface area contributed by atoms with Crippen molar-refractivity contribution >= 4 is 17.6 Å². The normalized spacial score (nSPS) is 12.6. The van der Waals surface area contributed by atoms with E-state index in [-0.39, 0.29) is 6.04 Å². The van der Waals surface area contributed by atoms with Crippen LogP contribution in [0, 0.1) is 0 Å². The van der Waals surface area contributed by atoms with Crippen LogP contribution in [0.25, 0.3) is 0 Å². The van der Waals surface area contributed by atoms with Crippen molar-refractivity contribution in [2.45, 2.75) is 39.3 Å². The fourth-order valence-corrected chi connectivity index (χ4v) is 2.09. The minimum atomic E-state index is -0.538. The van der Waals surface area contributed by atoms with Crippen molar-refractivity contribution in [3.05, 3.63) is 36.3 Å². The summed E-state index contributed by atoms with van der Waals surface area (Å²) in [7, 11) is 1.90. The molecule has 0 aliphatic rings. The van der Waals surface area contributed by atoms with Gasteiger partial charge in [-0.3, -0.25) is 10.00 Å². The summed E-state index contributed by atoms with van der Waals surface area (Å²) < 4.78 is 7.01. The molecule has 1 unspecified atom stereocenters. The van der Waals surface area contributed by atoms with E-state index in [2.05, 4.69) is 20.7 Å². The Morgan fingerprint density at radius 1 is 1.30 bits per heavy atom. The lowest BCUT2D eigenvalue weighted by Gasteiger charge is -2.19. The van der Waals surface area contributed by atoms with Gasteiger partial charge in [-0.05, 0) is 45.9 Å². The average Bonchev–Trinajstić information content (AvgIpc) is 2.85. The summed E-state index contributed by atoms with van der Waals surface area (Å²) in [6.45, 7) is 7.48. The molecule has 0 radical (unpaired) electrons. The number of hydrogen-bond acceptors (Lipinski definition) is 5. The van der Waals surface area contributed by atoms with Crippen LogP contribution in [0.3, 0.4) is 0 Å². The Labute approximate surface area is 136 Å². The quantitative estimate of drug-likeness (QED) is 0.904. The third kappa shape index (κ3) is 4.98. The van der Waals surface area contributed by atoms with E-state index in [9.17, 15) is 4.79 Å². The number of carbonyl (C=O) groups excluding carboxylic acids is 1. The monoisotopic (exact) mass is 317 g/mol. The molecule has 0 bridgehead atoms. The van der Waals surface area contributed by atoms with E-state index < -0.39 is 11.7 Å². The number of aryl methyl sites for hydroxylation is 1. The summed E-state index contributed by atoms with van der Waals surface area (Å²) >= 11 is 0. The third-order valence-electron chi connectivity index (χ3n) is 3.08. The Balaban J connectivity index is 1.94. The molecular weight excluding hydrogens is 294 g/mol. The van der Waals surface area contributed by atoms with Crippen molar-refractivity contribution in [2.24, 2.45) is 7.05 Å². The lowest BCUT2D eigenvalue weighted by molar-refractivity contribution is 0.0635. The maximum Gasteiger partial charge on any atom is 0.413 e. The molecule has 23 heavy (non-hydrogen) atoms. The number of carbonyl (C=O) groups is 1. The van der Waals surface area contributed by atoms with Gasteiger partial charge in [0.25, 0.3) is 0 Å². The average molecular weight is 317 g/mol. The Bertz CT molecular complexity index is 658. The van der Waals surface area contributed by atoms with Gasteiger partial charge in [-0.15, -0.1) is 0 Å². The fraction of sp³-hybridized carbons (Fsp3) is 0.438. The molecule has 2 aromatic heterocycles. The lowest BCUT2D eigenvalue weighted by Crippen LogP contribution is -2.27. The van der Waals surface area contributed by atoms with Crippen LogP contribution < -0.4 is 10.6 Å². The Morgan fingerprint density at radius 3 is 2.57 bits per heavy atom. The first-order valence-electron chi connectivity index (χ1n) is 7.45. The van der Waals surface area contributed by atoms with Gasteiger partial charge in [0.05, 0.1) is 23.6 Å². The molecule has 0 aliphatic carbocycles. The molecule has 7 nitrogen and oxygen atoms in total. The smallest absolute Gasteiger partial charge is 0.413 e. The highest BCUT2D eigenvalue weighted by Crippen LogP contribution is 2.19. The van der Waals surface area contributed by atoms with Crippen LogP contribution >= 0.6 is 0 Å². The molecule has 2 heterocycles. The van der Waals surface area contributed by atoms with Gasteiger partial charge in [0.1, 0.15) is 11.4 Å². The van der Waals surface area contributed by atoms with Crippen LogP contribution in [0.2, 0.25) is 0 Å². The zero-order valence-electron chi connectivity index (χ0n) is 14.1. The molecule has 2 aromatic rings. The van der Waals surface area contributed by atoms with Crippen molar-refractivity contribution < 1.29 is 9.53 Å². The van der Waals surface area contributed by atoms with Crippen molar-refractivity contribution in [1.82, 2.24) is 14.8 Å². The van der Waals surface area contributed by atoms with E-state index in [1.165, 1.54) is 0 Å². The summed E-state index contributed by atoms with van der Waals surface area (Å²) in [5.74, 6) is 0.443. The number of pyridine rings is 1. The predicted molar refractivity (Wildman–Crippen MR) is 89.3 cm³/mol. The third-order valence-corrected chi connectivity index (χ3v) is 3.08. The standard InChI is InChI=1S/C16H23N5O2/c1-11(13-8-9-18-21(13)5)19-12-6-7-14(17-10-12)20-15(22)23-16(2,3)4/h6-11,19H,1-5H3,(H,17,20,22). The topological polar surface area (TPSA) is 81.1 Å². The zero-order valence-corrected chi connectivity index (χ0v) is 14.1. The molecule has 124 valence electrons. The molecule has 2 N–H and O–H groups in total. The van der Waals surface area contributed by atoms with Crippen molar-refractivity contribution in [3.63, 3.8) is 0 Å². The maximum atomic E-state index is 11.7. The van der Waals surface area contributed by atoms with Crippen LogP contribution in [0.5, 0.6) is 0 Å². The zero-order chi connectivity index (χ0) is 17.0. The van der Waals surface area contributed by atoms with Gasteiger partial charge in [0.15, 0.2) is 0 Å². The first-order valence-corrected chi connectivity index (χ1v) is 7.45. The molecule has 0 aromatic carbocycles. The Kier molecular flexibility index (Phi) is 4.88. The van der Waals surface area contributed by atoms with Crippen LogP contribution in [0.4, 0.5) is 16.3 Å². The van der Waals surface area contributed by atoms with Gasteiger partial charge in [0, 0.05) is 13.2 Å². The lowest BCUT2D eigenvalue weighted by atomic mass is 10.2. The van der Waals surface area contributed by atoms with E-state index in [1.54, 1.807) is 18.5 Å². The minimum Gasteiger partial charge on any atom is -0.444 e. The number of rotatable bonds is 4. The number of aromatic nitrogens is 3. The summed E-state index contributed by atoms with van der Waals surface area (Å²) in [5, 5.41) is 10.1. The van der Waals surface area contributed by atoms with E-state index in [4.69, 9.17) is 4.74 Å². The number of nitrogens with one attached hydrogen (secondary N) is 2. The van der Waals surface area contributed by atoms with Crippen LogP contribution in [0.15, 0.2) is 30.6 Å². The van der Waals surface area contributed by atoms with E-state index in [0.717, 1.165) is 11.4 Å². The van der Waals surface area contributed by atoms with Gasteiger partial charge >= 0.3 is 6.09 Å². The molecule has 0 saturated heterocycles. The van der Waals surface area contributed by atoms with Crippen molar-refractivity contribution in [3.8, 4) is 0 Å². The van der Waals surface area contributed by atoms with Gasteiger partial charge in [-0.2, -0.15) is 5.10 Å². The number of amides is 1. The van der Waals surface area contributed by atoms with E-state index in [1.807, 2.05) is 51.6 Å². The van der Waals surface area contributed by atoms with Crippen molar-refractivity contribution in [2.75, 3.05) is 10.6 Å². The number of hydrogen-bond donors (Lipinski definition) is 2. The second-order valence-corrected chi connectivity index (χ2v) is 6.30. The second-order valence-electron chi connectivity index (χ2n) is 6.30. The summed E-state index contributed by atoms with van der Waals surface area (Å²) in [6, 6.07) is 5.63. The number of ether oxygens (including phenoxy) is 1. The SMILES string of the molecule is CC(Nc1ccc(NC(=O)OC(C)(C)C)nc1)c1ccnn1C. The number of anilines is 2. The van der Waals surface area contributed by atoms with Gasteiger partial charge in [-0.1, -0.05) is 0 Å². The molecule has 2 rings (SSSR count). The molecule has 0 saturated carbocycles. The molecule has 1 atom stereocenters. The largest absolute Gasteiger partial charge is 0.444 e. The predicted octanol–water partition coefficient (Wildman–Crippen LogP) is 3.34. The molecule has 7 heteroatoms. The summed E-state index contributed by atoms with van der Waals surface area (Å²) in [4.78, 5) is 15.9. The first kappa shape index (κ1) is 16.8. The van der Waals surface area contributed by atoms with E-state index in [0.29, 0.717) is 5.82 Å². The molecule has 0 spiro atoms. The van der Waals surface area contributed by atoms with Crippen molar-refractivity contribution in [1.29, 1.82) is 0 Å². The summed E-state index contributed by atoms with van der Waals surface area (Å²) in [5.41, 5.74) is 1.39. The highest BCUT2D eigenvalue weighted by atomic mass is 16.6. The highest BCUT2D eigenvalue weighted by molar-refractivity contribution is 5.83. The highest BCUT2D eigenvalue weighted by Gasteiger charge is 2.16. The van der Waals surface area contributed by atoms with Gasteiger partial charge in [-0.25, -0.2) is 9.78 Å². The van der Waals surface area contributed by atoms with Gasteiger partial charge in [0.2, 0.25) is 0 Å². The summed E-state index contributed by atoms with van der Waals surface area (Å²) in [6.07, 6.45) is 2.91. The molecule has 1 amide bonds. The molecule has 0 aliphatic heterocycles. The van der Waals surface area contributed by atoms with Crippen LogP contribution in [-0.4, -0.2) is 26.5 Å². The molecule has 0 fully saturated rings. The van der Waals surface area contributed by atoms with E-state index >= 15 is 0 Å². The second kappa shape index (κ2) is 6.68. The number of nitrogens with zero attached hydrogens (tertiary/aromatic N) is 3. The molecular formula is C16H23N5O2. The minimum absolute atomic E-state index is 0.0916. The van der Waals surface area contributed by atoms with Crippen LogP contribution in [0.1, 0.15) is 39.4 Å². The fourth-order valence-electron chi connectivity index (χ4n) is 2.09. The Morgan fingerprint density at radius 2 is 2.04 bits per heavy atom. The first-order chi connectivity index (χ1) is 10.7. The maximum absolute atomic E-state index is 11.7.